The zero-order valence-corrected chi connectivity index (χ0v) is 10.6. The molecule has 0 saturated carbocycles. The lowest BCUT2D eigenvalue weighted by Crippen LogP contribution is -2.29. The second-order valence-corrected chi connectivity index (χ2v) is 5.50. The van der Waals surface area contributed by atoms with Gasteiger partial charge in [-0.3, -0.25) is 0 Å². The molecule has 1 aliphatic carbocycles. The first kappa shape index (κ1) is 13.4. The molecule has 2 nitrogen and oxygen atoms in total. The molecule has 0 bridgehead atoms. The van der Waals surface area contributed by atoms with Crippen molar-refractivity contribution in [3.63, 3.8) is 0 Å². The predicted molar refractivity (Wildman–Crippen MR) is 68.7 cm³/mol. The molecule has 0 amide bonds. The van der Waals surface area contributed by atoms with Gasteiger partial charge in [-0.15, -0.1) is 24.2 Å². The quantitative estimate of drug-likeness (QED) is 0.805. The molecular formula is C11H20ClNOS. The maximum atomic E-state index is 9.18. The van der Waals surface area contributed by atoms with Crippen LogP contribution in [0.4, 0.5) is 0 Å². The number of hydrogen-bond donors (Lipinski definition) is 2. The summed E-state index contributed by atoms with van der Waals surface area (Å²) in [6.45, 7) is 2.62. The minimum absolute atomic E-state index is 0. The monoisotopic (exact) mass is 249 g/mol. The topological polar surface area (TPSA) is 32.3 Å². The number of piperidine rings is 1. The molecule has 0 radical (unpaired) electrons. The molecule has 88 valence electrons. The van der Waals surface area contributed by atoms with Gasteiger partial charge in [-0.2, -0.15) is 0 Å². The van der Waals surface area contributed by atoms with E-state index in [9.17, 15) is 5.11 Å². The summed E-state index contributed by atoms with van der Waals surface area (Å²) in [6.07, 6.45) is 6.16. The molecule has 0 aromatic rings. The third-order valence-electron chi connectivity index (χ3n) is 3.06. The number of aliphatic hydroxyl groups excluding tert-OH is 1. The Balaban J connectivity index is 0.00000112. The normalized spacial score (nSPS) is 23.0. The lowest BCUT2D eigenvalue weighted by atomic mass is 10.2. The molecule has 1 fully saturated rings. The fourth-order valence-corrected chi connectivity index (χ4v) is 3.67. The molecular weight excluding hydrogens is 230 g/mol. The lowest BCUT2D eigenvalue weighted by Gasteiger charge is -2.22. The van der Waals surface area contributed by atoms with Gasteiger partial charge < -0.3 is 10.4 Å². The summed E-state index contributed by atoms with van der Waals surface area (Å²) >= 11 is 2.04. The summed E-state index contributed by atoms with van der Waals surface area (Å²) in [5.74, 6) is 0. The van der Waals surface area contributed by atoms with Gasteiger partial charge in [0.2, 0.25) is 0 Å². The van der Waals surface area contributed by atoms with Crippen LogP contribution in [-0.2, 0) is 0 Å². The van der Waals surface area contributed by atoms with Gasteiger partial charge in [0.05, 0.1) is 6.61 Å². The van der Waals surface area contributed by atoms with Crippen LogP contribution in [0.25, 0.3) is 0 Å². The molecule has 2 N–H and O–H groups in total. The Morgan fingerprint density at radius 2 is 2.00 bits per heavy atom. The van der Waals surface area contributed by atoms with Crippen LogP contribution in [0.2, 0.25) is 0 Å². The Morgan fingerprint density at radius 1 is 1.27 bits per heavy atom. The number of aliphatic hydroxyl groups is 1. The number of hydrogen-bond acceptors (Lipinski definition) is 3. The second kappa shape index (κ2) is 6.79. The minimum Gasteiger partial charge on any atom is -0.392 e. The van der Waals surface area contributed by atoms with Crippen molar-refractivity contribution < 1.29 is 5.11 Å². The molecule has 1 aliphatic heterocycles. The number of rotatable bonds is 3. The molecule has 2 rings (SSSR count). The van der Waals surface area contributed by atoms with Gasteiger partial charge in [-0.05, 0) is 55.7 Å². The van der Waals surface area contributed by atoms with Crippen molar-refractivity contribution in [3.8, 4) is 0 Å². The Labute approximate surface area is 102 Å². The Hall–Kier alpha value is 0.300. The molecule has 1 saturated heterocycles. The number of allylic oxidation sites excluding steroid dienone is 1. The zero-order valence-electron chi connectivity index (χ0n) is 9.00. The Morgan fingerprint density at radius 3 is 2.67 bits per heavy atom. The van der Waals surface area contributed by atoms with Crippen LogP contribution in [0.15, 0.2) is 10.5 Å². The van der Waals surface area contributed by atoms with Crippen LogP contribution in [0.5, 0.6) is 0 Å². The largest absolute Gasteiger partial charge is 0.392 e. The van der Waals surface area contributed by atoms with Gasteiger partial charge in [-0.25, -0.2) is 0 Å². The first-order chi connectivity index (χ1) is 6.90. The average molecular weight is 250 g/mol. The highest BCUT2D eigenvalue weighted by atomic mass is 35.5. The Kier molecular flexibility index (Phi) is 6.05. The Bertz CT molecular complexity index is 227. The van der Waals surface area contributed by atoms with Gasteiger partial charge in [0, 0.05) is 5.25 Å². The van der Waals surface area contributed by atoms with Gasteiger partial charge in [0.15, 0.2) is 0 Å². The van der Waals surface area contributed by atoms with Crippen molar-refractivity contribution in [2.45, 2.75) is 37.4 Å². The second-order valence-electron chi connectivity index (χ2n) is 4.11. The van der Waals surface area contributed by atoms with E-state index in [-0.39, 0.29) is 19.0 Å². The summed E-state index contributed by atoms with van der Waals surface area (Å²) in [7, 11) is 0. The summed E-state index contributed by atoms with van der Waals surface area (Å²) in [5, 5.41) is 13.4. The smallest absolute Gasteiger partial charge is 0.0652 e. The van der Waals surface area contributed by atoms with E-state index in [1.165, 1.54) is 49.3 Å². The zero-order chi connectivity index (χ0) is 9.80. The third-order valence-corrected chi connectivity index (χ3v) is 4.64. The van der Waals surface area contributed by atoms with Crippen molar-refractivity contribution in [3.05, 3.63) is 10.5 Å². The fraction of sp³-hybridized carbons (Fsp3) is 0.818. The van der Waals surface area contributed by atoms with Crippen LogP contribution < -0.4 is 5.32 Å². The molecule has 0 atom stereocenters. The van der Waals surface area contributed by atoms with Crippen LogP contribution in [0, 0.1) is 0 Å². The van der Waals surface area contributed by atoms with Crippen molar-refractivity contribution in [2.24, 2.45) is 0 Å². The highest BCUT2D eigenvalue weighted by Gasteiger charge is 2.20. The SMILES string of the molecule is Cl.OCC1=C(SC2CCNCC2)CCC1. The van der Waals surface area contributed by atoms with E-state index >= 15 is 0 Å². The van der Waals surface area contributed by atoms with E-state index in [1.54, 1.807) is 0 Å². The van der Waals surface area contributed by atoms with Crippen LogP contribution in [0.3, 0.4) is 0 Å². The van der Waals surface area contributed by atoms with E-state index in [2.05, 4.69) is 5.32 Å². The number of thioether (sulfide) groups is 1. The van der Waals surface area contributed by atoms with Crippen molar-refractivity contribution >= 4 is 24.2 Å². The van der Waals surface area contributed by atoms with E-state index < -0.39 is 0 Å². The average Bonchev–Trinajstić information content (AvgIpc) is 2.67. The molecule has 0 spiro atoms. The first-order valence-electron chi connectivity index (χ1n) is 5.59. The molecule has 15 heavy (non-hydrogen) atoms. The molecule has 1 heterocycles. The van der Waals surface area contributed by atoms with Gasteiger partial charge in [0.25, 0.3) is 0 Å². The number of nitrogens with one attached hydrogen (secondary N) is 1. The van der Waals surface area contributed by atoms with E-state index in [0.29, 0.717) is 0 Å². The standard InChI is InChI=1S/C11H19NOS.ClH/c13-8-9-2-1-3-11(9)14-10-4-6-12-7-5-10;/h10,12-13H,1-8H2;1H. The molecule has 0 aromatic heterocycles. The molecule has 0 aromatic carbocycles. The summed E-state index contributed by atoms with van der Waals surface area (Å²) in [4.78, 5) is 1.50. The van der Waals surface area contributed by atoms with E-state index in [4.69, 9.17) is 0 Å². The van der Waals surface area contributed by atoms with Gasteiger partial charge in [-0.1, -0.05) is 0 Å². The highest BCUT2D eigenvalue weighted by molar-refractivity contribution is 8.03. The summed E-state index contributed by atoms with van der Waals surface area (Å²) in [6, 6.07) is 0. The van der Waals surface area contributed by atoms with Crippen LogP contribution >= 0.6 is 24.2 Å². The molecule has 2 aliphatic rings. The minimum atomic E-state index is 0. The highest BCUT2D eigenvalue weighted by Crippen LogP contribution is 2.38. The maximum absolute atomic E-state index is 9.18. The van der Waals surface area contributed by atoms with E-state index in [1.807, 2.05) is 11.8 Å². The van der Waals surface area contributed by atoms with Gasteiger partial charge in [0.1, 0.15) is 0 Å². The molecule has 0 unspecified atom stereocenters. The van der Waals surface area contributed by atoms with Crippen LogP contribution in [-0.4, -0.2) is 30.1 Å². The lowest BCUT2D eigenvalue weighted by molar-refractivity contribution is 0.328. The number of halogens is 1. The van der Waals surface area contributed by atoms with Crippen molar-refractivity contribution in [2.75, 3.05) is 19.7 Å². The maximum Gasteiger partial charge on any atom is 0.0652 e. The van der Waals surface area contributed by atoms with Crippen molar-refractivity contribution in [1.82, 2.24) is 5.32 Å². The van der Waals surface area contributed by atoms with E-state index in [0.717, 1.165) is 11.7 Å². The van der Waals surface area contributed by atoms with Crippen molar-refractivity contribution in [1.29, 1.82) is 0 Å². The predicted octanol–water partition coefficient (Wildman–Crippen LogP) is 2.32. The fourth-order valence-electron chi connectivity index (χ4n) is 2.20. The van der Waals surface area contributed by atoms with Crippen LogP contribution in [0.1, 0.15) is 32.1 Å². The van der Waals surface area contributed by atoms with Gasteiger partial charge >= 0.3 is 0 Å². The summed E-state index contributed by atoms with van der Waals surface area (Å²) in [5.41, 5.74) is 1.31. The first-order valence-corrected chi connectivity index (χ1v) is 6.47. The summed E-state index contributed by atoms with van der Waals surface area (Å²) < 4.78 is 0. The third kappa shape index (κ3) is 3.66. The molecule has 4 heteroatoms.